The van der Waals surface area contributed by atoms with Crippen molar-refractivity contribution in [2.75, 3.05) is 6.61 Å². The first-order valence-electron chi connectivity index (χ1n) is 4.31. The van der Waals surface area contributed by atoms with E-state index < -0.39 is 18.2 Å². The molecule has 16 heavy (non-hydrogen) atoms. The highest BCUT2D eigenvalue weighted by Crippen LogP contribution is 2.33. The molecule has 1 aromatic rings. The molecule has 0 aliphatic rings. The number of nitrogens with zero attached hydrogens (tertiary/aromatic N) is 1. The largest absolute Gasteiger partial charge is 0.464 e. The number of hydrogen-bond donors (Lipinski definition) is 2. The van der Waals surface area contributed by atoms with E-state index in [1.165, 1.54) is 0 Å². The molecule has 0 radical (unpaired) electrons. The van der Waals surface area contributed by atoms with Crippen LogP contribution in [-0.2, 0) is 9.53 Å². The van der Waals surface area contributed by atoms with Gasteiger partial charge < -0.3 is 14.9 Å². The lowest BCUT2D eigenvalue weighted by atomic mass is 10.2. The number of esters is 1. The average molecular weight is 286 g/mol. The second kappa shape index (κ2) is 5.79. The Morgan fingerprint density at radius 1 is 1.56 bits per heavy atom. The minimum absolute atomic E-state index is 0.0363. The van der Waals surface area contributed by atoms with Crippen molar-refractivity contribution in [2.45, 2.75) is 19.1 Å². The summed E-state index contributed by atoms with van der Waals surface area (Å²) >= 11 is 12.1. The van der Waals surface area contributed by atoms with Crippen LogP contribution in [0.15, 0.2) is 0 Å². The molecule has 0 aliphatic carbocycles. The molecule has 0 aliphatic heterocycles. The van der Waals surface area contributed by atoms with Crippen LogP contribution in [0, 0.1) is 0 Å². The molecule has 1 heterocycles. The first-order valence-corrected chi connectivity index (χ1v) is 5.89. The topological polar surface area (TPSA) is 79.7 Å². The molecule has 2 atom stereocenters. The Morgan fingerprint density at radius 3 is 2.62 bits per heavy atom. The highest BCUT2D eigenvalue weighted by atomic mass is 35.5. The van der Waals surface area contributed by atoms with Crippen LogP contribution in [0.4, 0.5) is 0 Å². The third-order valence-corrected chi connectivity index (χ3v) is 3.31. The Labute approximate surface area is 106 Å². The normalized spacial score (nSPS) is 14.6. The summed E-state index contributed by atoms with van der Waals surface area (Å²) in [6, 6.07) is 0. The van der Waals surface area contributed by atoms with E-state index in [0.29, 0.717) is 0 Å². The van der Waals surface area contributed by atoms with Crippen molar-refractivity contribution in [2.24, 2.45) is 0 Å². The predicted molar refractivity (Wildman–Crippen MR) is 59.7 cm³/mol. The molecule has 1 rings (SSSR count). The molecule has 0 bridgehead atoms. The second-order valence-corrected chi connectivity index (χ2v) is 4.73. The fourth-order valence-electron chi connectivity index (χ4n) is 0.970. The Morgan fingerprint density at radius 2 is 2.19 bits per heavy atom. The van der Waals surface area contributed by atoms with Gasteiger partial charge in [0.1, 0.15) is 11.3 Å². The van der Waals surface area contributed by atoms with Gasteiger partial charge in [0, 0.05) is 0 Å². The zero-order chi connectivity index (χ0) is 12.3. The Hall–Kier alpha value is -0.400. The fraction of sp³-hybridized carbons (Fsp3) is 0.500. The highest BCUT2D eigenvalue weighted by molar-refractivity contribution is 7.16. The predicted octanol–water partition coefficient (Wildman–Crippen LogP) is 1.41. The van der Waals surface area contributed by atoms with Crippen LogP contribution in [0.25, 0.3) is 0 Å². The molecule has 0 saturated heterocycles. The van der Waals surface area contributed by atoms with Crippen LogP contribution in [-0.4, -0.2) is 33.9 Å². The summed E-state index contributed by atoms with van der Waals surface area (Å²) in [4.78, 5) is 14.9. The van der Waals surface area contributed by atoms with Gasteiger partial charge in [0.25, 0.3) is 0 Å². The molecule has 0 fully saturated rings. The molecule has 1 aromatic heterocycles. The summed E-state index contributed by atoms with van der Waals surface area (Å²) in [6.45, 7) is 1.70. The van der Waals surface area contributed by atoms with Gasteiger partial charge in [0.05, 0.1) is 11.5 Å². The van der Waals surface area contributed by atoms with Crippen LogP contribution in [0.2, 0.25) is 9.62 Å². The third-order valence-electron chi connectivity index (χ3n) is 1.68. The molecule has 0 unspecified atom stereocenters. The molecule has 90 valence electrons. The lowest BCUT2D eigenvalue weighted by Crippen LogP contribution is -2.29. The number of aliphatic hydroxyl groups is 2. The fourth-order valence-corrected chi connectivity index (χ4v) is 2.41. The number of aromatic nitrogens is 1. The van der Waals surface area contributed by atoms with Gasteiger partial charge in [-0.1, -0.05) is 23.2 Å². The minimum atomic E-state index is -1.70. The maximum Gasteiger partial charge on any atom is 0.338 e. The smallest absolute Gasteiger partial charge is 0.338 e. The number of ether oxygens (including phenoxy) is 1. The van der Waals surface area contributed by atoms with E-state index in [-0.39, 0.29) is 21.1 Å². The lowest BCUT2D eigenvalue weighted by molar-refractivity contribution is -0.159. The molecule has 0 spiro atoms. The van der Waals surface area contributed by atoms with Crippen LogP contribution in [0.3, 0.4) is 0 Å². The van der Waals surface area contributed by atoms with Gasteiger partial charge >= 0.3 is 5.97 Å². The number of carbonyl (C=O) groups excluding carboxylic acids is 1. The van der Waals surface area contributed by atoms with Gasteiger partial charge in [-0.25, -0.2) is 9.78 Å². The van der Waals surface area contributed by atoms with Gasteiger partial charge in [-0.3, -0.25) is 0 Å². The van der Waals surface area contributed by atoms with Crippen molar-refractivity contribution >= 4 is 40.5 Å². The molecule has 8 heteroatoms. The van der Waals surface area contributed by atoms with Crippen LogP contribution in [0.5, 0.6) is 0 Å². The number of hydrogen-bond acceptors (Lipinski definition) is 6. The summed E-state index contributed by atoms with van der Waals surface area (Å²) < 4.78 is 4.67. The SMILES string of the molecule is CCOC(=O)[C@@H](O)[C@H](O)c1sc(Cl)nc1Cl. The van der Waals surface area contributed by atoms with Crippen molar-refractivity contribution in [1.29, 1.82) is 0 Å². The van der Waals surface area contributed by atoms with Crippen LogP contribution < -0.4 is 0 Å². The van der Waals surface area contributed by atoms with Gasteiger partial charge in [-0.05, 0) is 6.92 Å². The quantitative estimate of drug-likeness (QED) is 0.818. The summed E-state index contributed by atoms with van der Waals surface area (Å²) in [5.41, 5.74) is 0. The number of rotatable bonds is 4. The molecular weight excluding hydrogens is 277 g/mol. The Bertz CT molecular complexity index is 384. The highest BCUT2D eigenvalue weighted by Gasteiger charge is 2.30. The van der Waals surface area contributed by atoms with Crippen molar-refractivity contribution in [3.8, 4) is 0 Å². The molecule has 0 saturated carbocycles. The summed E-state index contributed by atoms with van der Waals surface area (Å²) in [5.74, 6) is -0.921. The first-order chi connectivity index (χ1) is 7.47. The average Bonchev–Trinajstić information content (AvgIpc) is 2.56. The second-order valence-electron chi connectivity index (χ2n) is 2.76. The summed E-state index contributed by atoms with van der Waals surface area (Å²) in [6.07, 6.45) is -3.19. The van der Waals surface area contributed by atoms with Crippen molar-refractivity contribution in [1.82, 2.24) is 4.98 Å². The van der Waals surface area contributed by atoms with Crippen LogP contribution in [0.1, 0.15) is 17.9 Å². The van der Waals surface area contributed by atoms with Gasteiger partial charge in [0.2, 0.25) is 0 Å². The van der Waals surface area contributed by atoms with Gasteiger partial charge in [0.15, 0.2) is 10.6 Å². The van der Waals surface area contributed by atoms with E-state index in [4.69, 9.17) is 23.2 Å². The Balaban J connectivity index is 2.81. The molecule has 2 N–H and O–H groups in total. The summed E-state index contributed by atoms with van der Waals surface area (Å²) in [5, 5.41) is 19.1. The molecular formula is C8H9Cl2NO4S. The van der Waals surface area contributed by atoms with E-state index in [1.807, 2.05) is 0 Å². The standard InChI is InChI=1S/C8H9Cl2NO4S/c1-2-15-7(14)4(13)3(12)5-6(9)11-8(10)16-5/h3-4,12-13H,2H2,1H3/t3-,4-/m0/s1. The number of halogens is 2. The number of aliphatic hydroxyl groups excluding tert-OH is 2. The van der Waals surface area contributed by atoms with E-state index >= 15 is 0 Å². The maximum absolute atomic E-state index is 11.2. The van der Waals surface area contributed by atoms with E-state index in [9.17, 15) is 15.0 Å². The zero-order valence-electron chi connectivity index (χ0n) is 8.18. The monoisotopic (exact) mass is 285 g/mol. The number of carbonyl (C=O) groups is 1. The van der Waals surface area contributed by atoms with E-state index in [0.717, 1.165) is 11.3 Å². The molecule has 0 aromatic carbocycles. The molecule has 0 amide bonds. The number of thiazole rings is 1. The van der Waals surface area contributed by atoms with Crippen LogP contribution >= 0.6 is 34.5 Å². The van der Waals surface area contributed by atoms with Crippen molar-refractivity contribution in [3.63, 3.8) is 0 Å². The minimum Gasteiger partial charge on any atom is -0.464 e. The van der Waals surface area contributed by atoms with Crippen molar-refractivity contribution in [3.05, 3.63) is 14.5 Å². The van der Waals surface area contributed by atoms with Gasteiger partial charge in [-0.2, -0.15) is 0 Å². The zero-order valence-corrected chi connectivity index (χ0v) is 10.5. The van der Waals surface area contributed by atoms with Gasteiger partial charge in [-0.15, -0.1) is 11.3 Å². The maximum atomic E-state index is 11.2. The summed E-state index contributed by atoms with van der Waals surface area (Å²) in [7, 11) is 0. The lowest BCUT2D eigenvalue weighted by Gasteiger charge is -2.14. The third kappa shape index (κ3) is 3.05. The Kier molecular flexibility index (Phi) is 4.94. The van der Waals surface area contributed by atoms with Crippen molar-refractivity contribution < 1.29 is 19.7 Å². The first kappa shape index (κ1) is 13.7. The molecule has 5 nitrogen and oxygen atoms in total. The van der Waals surface area contributed by atoms with E-state index in [2.05, 4.69) is 9.72 Å². The van der Waals surface area contributed by atoms with E-state index in [1.54, 1.807) is 6.92 Å².